The lowest BCUT2D eigenvalue weighted by Gasteiger charge is -2.10. The van der Waals surface area contributed by atoms with E-state index < -0.39 is 6.04 Å². The van der Waals surface area contributed by atoms with E-state index in [2.05, 4.69) is 10.3 Å². The van der Waals surface area contributed by atoms with Crippen LogP contribution in [0.4, 0.5) is 5.13 Å². The molecule has 1 aromatic heterocycles. The number of benzene rings is 1. The van der Waals surface area contributed by atoms with E-state index in [0.29, 0.717) is 5.13 Å². The van der Waals surface area contributed by atoms with Crippen LogP contribution in [0.15, 0.2) is 30.3 Å². The lowest BCUT2D eigenvalue weighted by atomic mass is 10.1. The molecular weight excluding hydrogens is 258 g/mol. The van der Waals surface area contributed by atoms with Gasteiger partial charge in [0.25, 0.3) is 0 Å². The molecule has 3 N–H and O–H groups in total. The minimum Gasteiger partial charge on any atom is -0.316 e. The largest absolute Gasteiger partial charge is 0.316 e. The van der Waals surface area contributed by atoms with Gasteiger partial charge in [0.1, 0.15) is 6.04 Å². The van der Waals surface area contributed by atoms with Gasteiger partial charge in [-0.3, -0.25) is 4.79 Å². The van der Waals surface area contributed by atoms with Crippen LogP contribution in [-0.4, -0.2) is 10.9 Å². The van der Waals surface area contributed by atoms with E-state index in [4.69, 9.17) is 5.73 Å². The van der Waals surface area contributed by atoms with Gasteiger partial charge >= 0.3 is 0 Å². The number of anilines is 1. The van der Waals surface area contributed by atoms with Gasteiger partial charge in [-0.25, -0.2) is 4.98 Å². The molecule has 2 aromatic rings. The standard InChI is InChI=1S/C14H15N3OS/c15-12(9-5-2-1-3-6-9)13(18)17-14-16-10-7-4-8-11(10)19-14/h1-3,5-6,12H,4,7-8,15H2,(H,16,17,18)/t12-/m1/s1. The number of hydrogen-bond acceptors (Lipinski definition) is 4. The molecule has 0 unspecified atom stereocenters. The SMILES string of the molecule is N[C@@H](C(=O)Nc1nc2c(s1)CCC2)c1ccccc1. The van der Waals surface area contributed by atoms with Crippen LogP contribution in [0.1, 0.15) is 28.6 Å². The van der Waals surface area contributed by atoms with Gasteiger partial charge in [-0.1, -0.05) is 30.3 Å². The highest BCUT2D eigenvalue weighted by atomic mass is 32.1. The van der Waals surface area contributed by atoms with Gasteiger partial charge in [0.15, 0.2) is 5.13 Å². The Hall–Kier alpha value is -1.72. The molecule has 0 bridgehead atoms. The number of thiazole rings is 1. The summed E-state index contributed by atoms with van der Waals surface area (Å²) in [6.07, 6.45) is 3.27. The highest BCUT2D eigenvalue weighted by Gasteiger charge is 2.20. The van der Waals surface area contributed by atoms with Crippen molar-refractivity contribution in [2.45, 2.75) is 25.3 Å². The van der Waals surface area contributed by atoms with Crippen molar-refractivity contribution < 1.29 is 4.79 Å². The van der Waals surface area contributed by atoms with Crippen LogP contribution >= 0.6 is 11.3 Å². The van der Waals surface area contributed by atoms with Gasteiger partial charge in [-0.05, 0) is 24.8 Å². The maximum Gasteiger partial charge on any atom is 0.247 e. The second-order valence-corrected chi connectivity index (χ2v) is 5.70. The number of fused-ring (bicyclic) bond motifs is 1. The molecule has 5 heteroatoms. The number of hydrogen-bond donors (Lipinski definition) is 2. The first-order chi connectivity index (χ1) is 9.24. The Balaban J connectivity index is 1.70. The Kier molecular flexibility index (Phi) is 3.31. The summed E-state index contributed by atoms with van der Waals surface area (Å²) in [4.78, 5) is 17.8. The van der Waals surface area contributed by atoms with Crippen molar-refractivity contribution in [1.29, 1.82) is 0 Å². The zero-order valence-corrected chi connectivity index (χ0v) is 11.2. The summed E-state index contributed by atoms with van der Waals surface area (Å²) >= 11 is 1.56. The Morgan fingerprint density at radius 3 is 2.84 bits per heavy atom. The Labute approximate surface area is 115 Å². The number of nitrogens with zero attached hydrogens (tertiary/aromatic N) is 1. The van der Waals surface area contributed by atoms with Crippen molar-refractivity contribution in [2.75, 3.05) is 5.32 Å². The topological polar surface area (TPSA) is 68.0 Å². The highest BCUT2D eigenvalue weighted by Crippen LogP contribution is 2.30. The van der Waals surface area contributed by atoms with E-state index in [1.807, 2.05) is 30.3 Å². The first-order valence-electron chi connectivity index (χ1n) is 6.34. The molecule has 1 heterocycles. The van der Waals surface area contributed by atoms with Crippen LogP contribution in [0.2, 0.25) is 0 Å². The van der Waals surface area contributed by atoms with Gasteiger partial charge in [-0.15, -0.1) is 11.3 Å². The zero-order valence-electron chi connectivity index (χ0n) is 10.4. The summed E-state index contributed by atoms with van der Waals surface area (Å²) in [7, 11) is 0. The highest BCUT2D eigenvalue weighted by molar-refractivity contribution is 7.15. The molecule has 4 nitrogen and oxygen atoms in total. The van der Waals surface area contributed by atoms with Gasteiger partial charge in [0, 0.05) is 4.88 Å². The van der Waals surface area contributed by atoms with Crippen LogP contribution in [0, 0.1) is 0 Å². The quantitative estimate of drug-likeness (QED) is 0.901. The Bertz CT molecular complexity index is 572. The van der Waals surface area contributed by atoms with E-state index in [-0.39, 0.29) is 5.91 Å². The van der Waals surface area contributed by atoms with Crippen LogP contribution in [0.3, 0.4) is 0 Å². The maximum absolute atomic E-state index is 12.1. The lowest BCUT2D eigenvalue weighted by Crippen LogP contribution is -2.27. The number of amides is 1. The van der Waals surface area contributed by atoms with E-state index >= 15 is 0 Å². The first kappa shape index (κ1) is 12.3. The van der Waals surface area contributed by atoms with Gasteiger partial charge in [-0.2, -0.15) is 0 Å². The number of carbonyl (C=O) groups excluding carboxylic acids is 1. The number of rotatable bonds is 3. The van der Waals surface area contributed by atoms with Crippen molar-refractivity contribution in [3.8, 4) is 0 Å². The van der Waals surface area contributed by atoms with Gasteiger partial charge in [0.05, 0.1) is 5.69 Å². The minimum absolute atomic E-state index is 0.210. The molecule has 0 spiro atoms. The van der Waals surface area contributed by atoms with Crippen molar-refractivity contribution >= 4 is 22.4 Å². The van der Waals surface area contributed by atoms with Gasteiger partial charge in [0.2, 0.25) is 5.91 Å². The van der Waals surface area contributed by atoms with E-state index in [1.54, 1.807) is 11.3 Å². The summed E-state index contributed by atoms with van der Waals surface area (Å²) in [5.41, 5.74) is 7.88. The number of nitrogens with two attached hydrogens (primary N) is 1. The molecule has 1 aliphatic carbocycles. The molecule has 1 atom stereocenters. The minimum atomic E-state index is -0.653. The average molecular weight is 273 g/mol. The third kappa shape index (κ3) is 2.52. The molecule has 19 heavy (non-hydrogen) atoms. The smallest absolute Gasteiger partial charge is 0.247 e. The van der Waals surface area contributed by atoms with E-state index in [9.17, 15) is 4.79 Å². The van der Waals surface area contributed by atoms with Crippen LogP contribution in [0.25, 0.3) is 0 Å². The third-order valence-corrected chi connectivity index (χ3v) is 4.34. The zero-order chi connectivity index (χ0) is 13.2. The van der Waals surface area contributed by atoms with Crippen LogP contribution in [-0.2, 0) is 17.6 Å². The van der Waals surface area contributed by atoms with Crippen molar-refractivity contribution in [3.63, 3.8) is 0 Å². The summed E-state index contributed by atoms with van der Waals surface area (Å²) in [6, 6.07) is 8.71. The van der Waals surface area contributed by atoms with Crippen molar-refractivity contribution in [3.05, 3.63) is 46.5 Å². The van der Waals surface area contributed by atoms with Crippen LogP contribution in [0.5, 0.6) is 0 Å². The fourth-order valence-electron chi connectivity index (χ4n) is 2.24. The van der Waals surface area contributed by atoms with E-state index in [1.165, 1.54) is 11.3 Å². The monoisotopic (exact) mass is 273 g/mol. The fraction of sp³-hybridized carbons (Fsp3) is 0.286. The van der Waals surface area contributed by atoms with Crippen molar-refractivity contribution in [1.82, 2.24) is 4.98 Å². The number of carbonyl (C=O) groups is 1. The number of nitrogens with one attached hydrogen (secondary N) is 1. The summed E-state index contributed by atoms with van der Waals surface area (Å²) < 4.78 is 0. The number of aromatic nitrogens is 1. The van der Waals surface area contributed by atoms with Gasteiger partial charge < -0.3 is 11.1 Å². The predicted octanol–water partition coefficient (Wildman–Crippen LogP) is 2.27. The molecule has 0 fully saturated rings. The van der Waals surface area contributed by atoms with E-state index in [0.717, 1.165) is 24.1 Å². The first-order valence-corrected chi connectivity index (χ1v) is 7.15. The third-order valence-electron chi connectivity index (χ3n) is 3.27. The lowest BCUT2D eigenvalue weighted by molar-refractivity contribution is -0.117. The Morgan fingerprint density at radius 2 is 2.11 bits per heavy atom. The average Bonchev–Trinajstić information content (AvgIpc) is 2.99. The molecule has 1 aliphatic rings. The molecule has 1 aromatic carbocycles. The molecule has 0 aliphatic heterocycles. The maximum atomic E-state index is 12.1. The fourth-order valence-corrected chi connectivity index (χ4v) is 3.29. The second kappa shape index (κ2) is 5.11. The molecule has 0 saturated carbocycles. The summed E-state index contributed by atoms with van der Waals surface area (Å²) in [6.45, 7) is 0. The second-order valence-electron chi connectivity index (χ2n) is 4.62. The molecular formula is C14H15N3OS. The normalized spacial score (nSPS) is 15.0. The molecule has 98 valence electrons. The predicted molar refractivity (Wildman–Crippen MR) is 76.1 cm³/mol. The van der Waals surface area contributed by atoms with Crippen molar-refractivity contribution in [2.24, 2.45) is 5.73 Å². The number of aryl methyl sites for hydroxylation is 2. The summed E-state index contributed by atoms with van der Waals surface area (Å²) in [5, 5.41) is 3.48. The Morgan fingerprint density at radius 1 is 1.32 bits per heavy atom. The summed E-state index contributed by atoms with van der Waals surface area (Å²) in [5.74, 6) is -0.210. The molecule has 3 rings (SSSR count). The molecule has 0 radical (unpaired) electrons. The molecule has 1 amide bonds. The van der Waals surface area contributed by atoms with Crippen LogP contribution < -0.4 is 11.1 Å². The molecule has 0 saturated heterocycles.